The summed E-state index contributed by atoms with van der Waals surface area (Å²) >= 11 is 0. The minimum Gasteiger partial charge on any atom is -0.410 e. The van der Waals surface area contributed by atoms with Crippen LogP contribution in [0, 0.1) is 0 Å². The topological polar surface area (TPSA) is 58.2 Å². The maximum atomic E-state index is 12.2. The lowest BCUT2D eigenvalue weighted by Gasteiger charge is -2.30. The number of carbonyl (C=O) groups is 1. The predicted molar refractivity (Wildman–Crippen MR) is 92.1 cm³/mol. The third-order valence-corrected chi connectivity index (χ3v) is 4.50. The number of nitrogens with zero attached hydrogens (tertiary/aromatic N) is 2. The van der Waals surface area contributed by atoms with Crippen LogP contribution in [0.25, 0.3) is 11.0 Å². The number of ether oxygens (including phenoxy) is 1. The predicted octanol–water partition coefficient (Wildman–Crippen LogP) is 3.94. The van der Waals surface area contributed by atoms with Crippen LogP contribution in [-0.4, -0.2) is 34.1 Å². The van der Waals surface area contributed by atoms with E-state index >= 15 is 0 Å². The fraction of sp³-hybridized carbons (Fsp3) is 0.263. The minimum absolute atomic E-state index is 0.274. The van der Waals surface area contributed by atoms with Gasteiger partial charge in [-0.05, 0) is 37.1 Å². The van der Waals surface area contributed by atoms with Crippen molar-refractivity contribution in [2.24, 2.45) is 0 Å². The fourth-order valence-corrected chi connectivity index (χ4v) is 3.16. The van der Waals surface area contributed by atoms with Crippen LogP contribution in [0.3, 0.4) is 0 Å². The van der Waals surface area contributed by atoms with Crippen LogP contribution in [0.2, 0.25) is 0 Å². The molecule has 1 fully saturated rings. The Kier molecular flexibility index (Phi) is 3.91. The first-order chi connectivity index (χ1) is 11.8. The lowest BCUT2D eigenvalue weighted by atomic mass is 9.96. The molecule has 1 aliphatic rings. The van der Waals surface area contributed by atoms with Gasteiger partial charge in [0.05, 0.1) is 11.0 Å². The number of likely N-dealkylation sites (tertiary alicyclic amines) is 1. The lowest BCUT2D eigenvalue weighted by Crippen LogP contribution is -2.39. The Morgan fingerprint density at radius 3 is 2.50 bits per heavy atom. The van der Waals surface area contributed by atoms with Gasteiger partial charge >= 0.3 is 6.09 Å². The Morgan fingerprint density at radius 1 is 1.04 bits per heavy atom. The minimum atomic E-state index is -0.274. The number of aromatic nitrogens is 2. The highest BCUT2D eigenvalue weighted by Gasteiger charge is 2.26. The molecule has 0 radical (unpaired) electrons. The van der Waals surface area contributed by atoms with E-state index in [9.17, 15) is 4.79 Å². The van der Waals surface area contributed by atoms with E-state index < -0.39 is 0 Å². The normalized spacial score (nSPS) is 15.6. The van der Waals surface area contributed by atoms with Crippen molar-refractivity contribution >= 4 is 17.1 Å². The number of imidazole rings is 1. The van der Waals surface area contributed by atoms with Gasteiger partial charge in [-0.25, -0.2) is 9.78 Å². The molecule has 1 N–H and O–H groups in total. The van der Waals surface area contributed by atoms with Gasteiger partial charge in [0.1, 0.15) is 11.6 Å². The molecular weight excluding hydrogens is 302 g/mol. The van der Waals surface area contributed by atoms with Crippen molar-refractivity contribution in [3.63, 3.8) is 0 Å². The molecule has 1 aliphatic heterocycles. The summed E-state index contributed by atoms with van der Waals surface area (Å²) in [5.74, 6) is 1.97. The number of amides is 1. The first kappa shape index (κ1) is 14.8. The molecule has 1 aromatic heterocycles. The molecule has 0 bridgehead atoms. The van der Waals surface area contributed by atoms with Crippen molar-refractivity contribution in [3.05, 3.63) is 60.4 Å². The number of nitrogens with one attached hydrogen (secondary N) is 1. The number of fused-ring (bicyclic) bond motifs is 1. The molecule has 0 spiro atoms. The summed E-state index contributed by atoms with van der Waals surface area (Å²) in [6.45, 7) is 1.38. The zero-order valence-electron chi connectivity index (χ0n) is 13.3. The maximum Gasteiger partial charge on any atom is 0.415 e. The second-order valence-electron chi connectivity index (χ2n) is 6.08. The van der Waals surface area contributed by atoms with E-state index in [0.717, 1.165) is 29.7 Å². The molecule has 1 amide bonds. The zero-order chi connectivity index (χ0) is 16.4. The summed E-state index contributed by atoms with van der Waals surface area (Å²) in [6, 6.07) is 17.3. The lowest BCUT2D eigenvalue weighted by molar-refractivity contribution is 0.138. The smallest absolute Gasteiger partial charge is 0.410 e. The van der Waals surface area contributed by atoms with Crippen LogP contribution in [0.5, 0.6) is 5.75 Å². The number of hydrogen-bond donors (Lipinski definition) is 1. The molecule has 5 heteroatoms. The number of carbonyl (C=O) groups excluding carboxylic acids is 1. The van der Waals surface area contributed by atoms with Gasteiger partial charge in [0.25, 0.3) is 0 Å². The average molecular weight is 321 g/mol. The second-order valence-corrected chi connectivity index (χ2v) is 6.08. The Labute approximate surface area is 140 Å². The third-order valence-electron chi connectivity index (χ3n) is 4.50. The Balaban J connectivity index is 1.38. The van der Waals surface area contributed by atoms with E-state index in [4.69, 9.17) is 4.74 Å². The average Bonchev–Trinajstić information content (AvgIpc) is 3.07. The van der Waals surface area contributed by atoms with Crippen molar-refractivity contribution in [3.8, 4) is 5.75 Å². The largest absolute Gasteiger partial charge is 0.415 e. The third kappa shape index (κ3) is 2.97. The van der Waals surface area contributed by atoms with Crippen molar-refractivity contribution < 1.29 is 9.53 Å². The van der Waals surface area contributed by atoms with Gasteiger partial charge in [-0.2, -0.15) is 0 Å². The fourth-order valence-electron chi connectivity index (χ4n) is 3.16. The summed E-state index contributed by atoms with van der Waals surface area (Å²) in [4.78, 5) is 22.1. The van der Waals surface area contributed by atoms with Gasteiger partial charge in [0.2, 0.25) is 0 Å². The van der Waals surface area contributed by atoms with E-state index in [0.29, 0.717) is 24.8 Å². The molecule has 1 saturated heterocycles. The van der Waals surface area contributed by atoms with E-state index in [1.165, 1.54) is 0 Å². The summed E-state index contributed by atoms with van der Waals surface area (Å²) in [6.07, 6.45) is 1.51. The number of rotatable bonds is 2. The molecule has 0 saturated carbocycles. The Morgan fingerprint density at radius 2 is 1.75 bits per heavy atom. The quantitative estimate of drug-likeness (QED) is 0.777. The highest BCUT2D eigenvalue weighted by Crippen LogP contribution is 2.28. The van der Waals surface area contributed by atoms with Crippen LogP contribution in [-0.2, 0) is 0 Å². The van der Waals surface area contributed by atoms with Gasteiger partial charge in [0, 0.05) is 19.0 Å². The van der Waals surface area contributed by atoms with E-state index in [1.807, 2.05) is 42.5 Å². The molecule has 4 rings (SSSR count). The van der Waals surface area contributed by atoms with Gasteiger partial charge in [-0.3, -0.25) is 0 Å². The summed E-state index contributed by atoms with van der Waals surface area (Å²) < 4.78 is 5.41. The number of para-hydroxylation sites is 3. The summed E-state index contributed by atoms with van der Waals surface area (Å²) in [5.41, 5.74) is 2.07. The highest BCUT2D eigenvalue weighted by molar-refractivity contribution is 5.75. The number of H-pyrrole nitrogens is 1. The number of piperidine rings is 1. The van der Waals surface area contributed by atoms with E-state index in [2.05, 4.69) is 9.97 Å². The molecule has 122 valence electrons. The standard InChI is InChI=1S/C19H19N3O2/c23-19(24-15-6-2-1-3-7-15)22-12-10-14(11-13-22)18-20-16-8-4-5-9-17(16)21-18/h1-9,14H,10-13H2,(H,20,21). The van der Waals surface area contributed by atoms with Crippen LogP contribution in [0.1, 0.15) is 24.6 Å². The van der Waals surface area contributed by atoms with E-state index in [-0.39, 0.29) is 6.09 Å². The number of benzene rings is 2. The zero-order valence-corrected chi connectivity index (χ0v) is 13.3. The van der Waals surface area contributed by atoms with Crippen LogP contribution >= 0.6 is 0 Å². The van der Waals surface area contributed by atoms with Crippen LogP contribution in [0.15, 0.2) is 54.6 Å². The van der Waals surface area contributed by atoms with Crippen molar-refractivity contribution in [2.45, 2.75) is 18.8 Å². The second kappa shape index (κ2) is 6.35. The number of aromatic amines is 1. The van der Waals surface area contributed by atoms with Gasteiger partial charge in [-0.1, -0.05) is 30.3 Å². The Bertz CT molecular complexity index is 803. The van der Waals surface area contributed by atoms with Crippen LogP contribution in [0.4, 0.5) is 4.79 Å². The summed E-state index contributed by atoms with van der Waals surface area (Å²) in [7, 11) is 0. The monoisotopic (exact) mass is 321 g/mol. The molecule has 24 heavy (non-hydrogen) atoms. The van der Waals surface area contributed by atoms with Crippen LogP contribution < -0.4 is 4.74 Å². The van der Waals surface area contributed by atoms with Crippen molar-refractivity contribution in [1.82, 2.24) is 14.9 Å². The molecule has 5 nitrogen and oxygen atoms in total. The first-order valence-corrected chi connectivity index (χ1v) is 8.26. The maximum absolute atomic E-state index is 12.2. The SMILES string of the molecule is O=C(Oc1ccccc1)N1CCC(c2nc3ccccc3[nH]2)CC1. The van der Waals surface area contributed by atoms with E-state index in [1.54, 1.807) is 17.0 Å². The summed E-state index contributed by atoms with van der Waals surface area (Å²) in [5, 5.41) is 0. The van der Waals surface area contributed by atoms with Gasteiger partial charge < -0.3 is 14.6 Å². The van der Waals surface area contributed by atoms with Gasteiger partial charge in [0.15, 0.2) is 0 Å². The van der Waals surface area contributed by atoms with Crippen molar-refractivity contribution in [2.75, 3.05) is 13.1 Å². The molecular formula is C19H19N3O2. The molecule has 2 heterocycles. The number of hydrogen-bond acceptors (Lipinski definition) is 3. The van der Waals surface area contributed by atoms with Crippen molar-refractivity contribution in [1.29, 1.82) is 0 Å². The highest BCUT2D eigenvalue weighted by atomic mass is 16.6. The van der Waals surface area contributed by atoms with Gasteiger partial charge in [-0.15, -0.1) is 0 Å². The molecule has 0 atom stereocenters. The molecule has 2 aromatic carbocycles. The first-order valence-electron chi connectivity index (χ1n) is 8.26. The molecule has 0 unspecified atom stereocenters. The Hall–Kier alpha value is -2.82. The molecule has 0 aliphatic carbocycles. The molecule has 3 aromatic rings.